The van der Waals surface area contributed by atoms with E-state index in [1.165, 1.54) is 5.56 Å². The topological polar surface area (TPSA) is 37.4 Å². The summed E-state index contributed by atoms with van der Waals surface area (Å²) >= 11 is 0. The van der Waals surface area contributed by atoms with Gasteiger partial charge < -0.3 is 10.1 Å². The van der Waals surface area contributed by atoms with Gasteiger partial charge in [0.15, 0.2) is 0 Å². The second-order valence-corrected chi connectivity index (χ2v) is 3.97. The molecule has 0 aliphatic carbocycles. The highest BCUT2D eigenvalue weighted by Crippen LogP contribution is 2.08. The van der Waals surface area contributed by atoms with Crippen LogP contribution >= 0.6 is 0 Å². The summed E-state index contributed by atoms with van der Waals surface area (Å²) in [4.78, 5) is 6.76. The maximum Gasteiger partial charge on any atom is 0.125 e. The van der Waals surface area contributed by atoms with Crippen LogP contribution < -0.4 is 5.32 Å². The molecule has 0 saturated carbocycles. The summed E-state index contributed by atoms with van der Waals surface area (Å²) in [5, 5.41) is 3.19. The number of morpholine rings is 1. The van der Waals surface area contributed by atoms with E-state index < -0.39 is 0 Å². The molecule has 0 amide bonds. The fourth-order valence-electron chi connectivity index (χ4n) is 1.82. The van der Waals surface area contributed by atoms with E-state index in [4.69, 9.17) is 4.74 Å². The van der Waals surface area contributed by atoms with Crippen LogP contribution in [0.1, 0.15) is 12.5 Å². The number of anilines is 1. The zero-order valence-electron chi connectivity index (χ0n) is 9.78. The average Bonchev–Trinajstić information content (AvgIpc) is 2.33. The summed E-state index contributed by atoms with van der Waals surface area (Å²) in [5.41, 5.74) is 1.27. The molecule has 88 valence electrons. The van der Waals surface area contributed by atoms with E-state index in [0.29, 0.717) is 0 Å². The van der Waals surface area contributed by atoms with Gasteiger partial charge in [-0.15, -0.1) is 0 Å². The van der Waals surface area contributed by atoms with Crippen molar-refractivity contribution in [1.82, 2.24) is 9.88 Å². The number of nitrogens with zero attached hydrogens (tertiary/aromatic N) is 2. The van der Waals surface area contributed by atoms with Crippen LogP contribution in [0, 0.1) is 0 Å². The van der Waals surface area contributed by atoms with Gasteiger partial charge in [-0.1, -0.05) is 6.07 Å². The van der Waals surface area contributed by atoms with E-state index in [2.05, 4.69) is 28.2 Å². The molecule has 0 spiro atoms. The Morgan fingerprint density at radius 2 is 2.19 bits per heavy atom. The van der Waals surface area contributed by atoms with E-state index in [9.17, 15) is 0 Å². The van der Waals surface area contributed by atoms with Crippen LogP contribution in [0.2, 0.25) is 0 Å². The van der Waals surface area contributed by atoms with Crippen LogP contribution in [0.4, 0.5) is 5.82 Å². The van der Waals surface area contributed by atoms with Gasteiger partial charge >= 0.3 is 0 Å². The van der Waals surface area contributed by atoms with E-state index >= 15 is 0 Å². The van der Waals surface area contributed by atoms with Crippen molar-refractivity contribution in [3.8, 4) is 0 Å². The third-order valence-corrected chi connectivity index (χ3v) is 2.69. The molecule has 2 rings (SSSR count). The molecule has 2 heterocycles. The minimum atomic E-state index is 0.850. The lowest BCUT2D eigenvalue weighted by atomic mass is 10.2. The molecule has 4 nitrogen and oxygen atoms in total. The Morgan fingerprint density at radius 3 is 2.81 bits per heavy atom. The van der Waals surface area contributed by atoms with Gasteiger partial charge in [-0.2, -0.15) is 0 Å². The summed E-state index contributed by atoms with van der Waals surface area (Å²) < 4.78 is 5.32. The third kappa shape index (κ3) is 3.18. The van der Waals surface area contributed by atoms with Gasteiger partial charge in [0.25, 0.3) is 0 Å². The number of ether oxygens (including phenoxy) is 1. The zero-order chi connectivity index (χ0) is 11.2. The number of rotatable bonds is 4. The van der Waals surface area contributed by atoms with Gasteiger partial charge in [0.05, 0.1) is 13.2 Å². The van der Waals surface area contributed by atoms with E-state index in [-0.39, 0.29) is 0 Å². The molecule has 1 aliphatic rings. The second kappa shape index (κ2) is 5.82. The van der Waals surface area contributed by atoms with Crippen molar-refractivity contribution in [2.75, 3.05) is 38.2 Å². The molecule has 1 fully saturated rings. The first kappa shape index (κ1) is 11.4. The summed E-state index contributed by atoms with van der Waals surface area (Å²) in [7, 11) is 0. The Hall–Kier alpha value is -1.13. The highest BCUT2D eigenvalue weighted by molar-refractivity contribution is 5.35. The van der Waals surface area contributed by atoms with E-state index in [1.54, 1.807) is 0 Å². The van der Waals surface area contributed by atoms with Gasteiger partial charge in [-0.3, -0.25) is 4.90 Å². The van der Waals surface area contributed by atoms with Gasteiger partial charge in [0.1, 0.15) is 5.82 Å². The Balaban J connectivity index is 1.88. The lowest BCUT2D eigenvalue weighted by Gasteiger charge is -2.26. The predicted molar refractivity (Wildman–Crippen MR) is 64.5 cm³/mol. The van der Waals surface area contributed by atoms with Crippen LogP contribution in [-0.4, -0.2) is 42.7 Å². The predicted octanol–water partition coefficient (Wildman–Crippen LogP) is 1.35. The van der Waals surface area contributed by atoms with Crippen molar-refractivity contribution < 1.29 is 4.74 Å². The number of nitrogens with one attached hydrogen (secondary N) is 1. The average molecular weight is 221 g/mol. The van der Waals surface area contributed by atoms with Crippen molar-refractivity contribution in [2.24, 2.45) is 0 Å². The largest absolute Gasteiger partial charge is 0.379 e. The Bertz CT molecular complexity index is 307. The van der Waals surface area contributed by atoms with Crippen LogP contribution in [0.3, 0.4) is 0 Å². The standard InChI is InChI=1S/C12H19N3O/c1-2-13-12-4-3-11(9-14-12)10-15-5-7-16-8-6-15/h3-4,9H,2,5-8,10H2,1H3,(H,13,14). The second-order valence-electron chi connectivity index (χ2n) is 3.97. The Kier molecular flexibility index (Phi) is 4.13. The Labute approximate surface area is 96.6 Å². The molecule has 1 aromatic heterocycles. The molecule has 0 aromatic carbocycles. The minimum Gasteiger partial charge on any atom is -0.379 e. The first-order chi connectivity index (χ1) is 7.88. The van der Waals surface area contributed by atoms with Gasteiger partial charge in [-0.05, 0) is 18.6 Å². The molecule has 0 unspecified atom stereocenters. The normalized spacial score (nSPS) is 17.3. The maximum absolute atomic E-state index is 5.32. The maximum atomic E-state index is 5.32. The van der Waals surface area contributed by atoms with E-state index in [1.807, 2.05) is 12.3 Å². The summed E-state index contributed by atoms with van der Waals surface area (Å²) in [6.45, 7) is 7.71. The molecular formula is C12H19N3O. The molecule has 1 aliphatic heterocycles. The van der Waals surface area contributed by atoms with Crippen molar-refractivity contribution in [2.45, 2.75) is 13.5 Å². The summed E-state index contributed by atoms with van der Waals surface area (Å²) in [6.07, 6.45) is 1.95. The monoisotopic (exact) mass is 221 g/mol. The quantitative estimate of drug-likeness (QED) is 0.832. The summed E-state index contributed by atoms with van der Waals surface area (Å²) in [5.74, 6) is 0.952. The SMILES string of the molecule is CCNc1ccc(CN2CCOCC2)cn1. The molecule has 1 N–H and O–H groups in total. The Morgan fingerprint density at radius 1 is 1.38 bits per heavy atom. The zero-order valence-corrected chi connectivity index (χ0v) is 9.78. The van der Waals surface area contributed by atoms with Crippen LogP contribution in [0.15, 0.2) is 18.3 Å². The van der Waals surface area contributed by atoms with E-state index in [0.717, 1.165) is 45.2 Å². The van der Waals surface area contributed by atoms with Crippen LogP contribution in [-0.2, 0) is 11.3 Å². The minimum absolute atomic E-state index is 0.850. The first-order valence-electron chi connectivity index (χ1n) is 5.87. The highest BCUT2D eigenvalue weighted by Gasteiger charge is 2.10. The number of hydrogen-bond donors (Lipinski definition) is 1. The smallest absolute Gasteiger partial charge is 0.125 e. The van der Waals surface area contributed by atoms with Crippen LogP contribution in [0.5, 0.6) is 0 Å². The molecule has 0 radical (unpaired) electrons. The lowest BCUT2D eigenvalue weighted by molar-refractivity contribution is 0.0341. The van der Waals surface area contributed by atoms with Crippen molar-refractivity contribution in [1.29, 1.82) is 0 Å². The van der Waals surface area contributed by atoms with Gasteiger partial charge in [0, 0.05) is 32.4 Å². The molecular weight excluding hydrogens is 202 g/mol. The molecule has 0 bridgehead atoms. The number of aromatic nitrogens is 1. The highest BCUT2D eigenvalue weighted by atomic mass is 16.5. The molecule has 1 saturated heterocycles. The lowest BCUT2D eigenvalue weighted by Crippen LogP contribution is -2.35. The fourth-order valence-corrected chi connectivity index (χ4v) is 1.82. The molecule has 16 heavy (non-hydrogen) atoms. The first-order valence-corrected chi connectivity index (χ1v) is 5.87. The van der Waals surface area contributed by atoms with Gasteiger partial charge in [0.2, 0.25) is 0 Å². The molecule has 4 heteroatoms. The van der Waals surface area contributed by atoms with Crippen molar-refractivity contribution in [3.63, 3.8) is 0 Å². The van der Waals surface area contributed by atoms with Crippen LogP contribution in [0.25, 0.3) is 0 Å². The number of hydrogen-bond acceptors (Lipinski definition) is 4. The summed E-state index contributed by atoms with van der Waals surface area (Å²) in [6, 6.07) is 4.18. The third-order valence-electron chi connectivity index (χ3n) is 2.69. The molecule has 1 aromatic rings. The van der Waals surface area contributed by atoms with Crippen molar-refractivity contribution >= 4 is 5.82 Å². The van der Waals surface area contributed by atoms with Crippen molar-refractivity contribution in [3.05, 3.63) is 23.9 Å². The fraction of sp³-hybridized carbons (Fsp3) is 0.583. The van der Waals surface area contributed by atoms with Gasteiger partial charge in [-0.25, -0.2) is 4.98 Å². The molecule has 0 atom stereocenters. The number of pyridine rings is 1.